The van der Waals surface area contributed by atoms with Gasteiger partial charge in [-0.25, -0.2) is 5.41 Å². The monoisotopic (exact) mass is 361 g/mol. The van der Waals surface area contributed by atoms with Gasteiger partial charge in [-0.1, -0.05) is 6.47 Å². The van der Waals surface area contributed by atoms with Crippen LogP contribution in [0.15, 0.2) is 0 Å². The van der Waals surface area contributed by atoms with Crippen LogP contribution in [0.5, 0.6) is 0 Å². The molecule has 0 aromatic carbocycles. The third-order valence-electron chi connectivity index (χ3n) is 1.74. The molecule has 0 unspecified atom stereocenters. The van der Waals surface area contributed by atoms with Gasteiger partial charge >= 0.3 is 51.4 Å². The number of hydrogen-bond acceptors (Lipinski definition) is 6. The number of methoxy groups -OCH3 is 2. The van der Waals surface area contributed by atoms with Gasteiger partial charge in [-0.05, 0) is 39.4 Å². The van der Waals surface area contributed by atoms with E-state index in [1.165, 1.54) is 25.6 Å². The summed E-state index contributed by atoms with van der Waals surface area (Å²) in [5.74, 6) is 0. The van der Waals surface area contributed by atoms with Crippen LogP contribution in [0.2, 0.25) is 0 Å². The van der Waals surface area contributed by atoms with E-state index in [-0.39, 0.29) is 57.0 Å². The quantitative estimate of drug-likeness (QED) is 0.266. The predicted octanol–water partition coefficient (Wildman–Crippen LogP) is -1.18. The first kappa shape index (κ1) is 30.7. The fourth-order valence-corrected chi connectivity index (χ4v) is 0.861. The molecule has 1 amide bonds. The standard InChI is InChI=1S/C7H13NO2S.C5H12O.C2H3O2.K/c1-7(2,4-8-6-9)5-10-11-3;1-5(2,3)6-4;1-4-2-3;/h6H,1-2,4-5H2,3H3,(H,8,9);1-4H3;1H3;/q-2;;-1;+1. The van der Waals surface area contributed by atoms with E-state index in [1.807, 2.05) is 27.0 Å². The largest absolute Gasteiger partial charge is 1.00 e. The van der Waals surface area contributed by atoms with Crippen molar-refractivity contribution in [1.29, 1.82) is 0 Å². The first-order valence-corrected chi connectivity index (χ1v) is 7.23. The average Bonchev–Trinajstić information content (AvgIpc) is 2.43. The molecular formula is C14H28KNO5S-2. The maximum atomic E-state index is 9.91. The zero-order valence-electron chi connectivity index (χ0n) is 14.9. The Balaban J connectivity index is -0.000000125. The van der Waals surface area contributed by atoms with Crippen molar-refractivity contribution in [1.82, 2.24) is 5.32 Å². The summed E-state index contributed by atoms with van der Waals surface area (Å²) in [6, 6.07) is 0. The van der Waals surface area contributed by atoms with Crippen LogP contribution in [0.25, 0.3) is 0 Å². The van der Waals surface area contributed by atoms with Gasteiger partial charge in [0.05, 0.1) is 5.60 Å². The number of rotatable bonds is 7. The summed E-state index contributed by atoms with van der Waals surface area (Å²) in [7, 11) is 2.97. The Kier molecular flexibility index (Phi) is 27.8. The van der Waals surface area contributed by atoms with Gasteiger partial charge in [-0.15, -0.1) is 0 Å². The van der Waals surface area contributed by atoms with E-state index in [9.17, 15) is 4.79 Å². The summed E-state index contributed by atoms with van der Waals surface area (Å²) in [6.45, 7) is 15.6. The molecule has 8 heteroatoms. The van der Waals surface area contributed by atoms with E-state index >= 15 is 0 Å². The summed E-state index contributed by atoms with van der Waals surface area (Å²) in [4.78, 5) is 18.7. The minimum Gasteiger partial charge on any atom is -0.655 e. The Bertz CT molecular complexity index is 248. The maximum absolute atomic E-state index is 9.91. The zero-order chi connectivity index (χ0) is 17.4. The topological polar surface area (TPSA) is 73.9 Å². The van der Waals surface area contributed by atoms with Crippen molar-refractivity contribution in [2.75, 3.05) is 33.6 Å². The SMILES string of the molecule is COC(C)(C)C.CO[C-]=O.[CH2-]C([CH2-])(CNC=O)COSC.[K+]. The molecule has 0 aliphatic rings. The molecule has 0 rings (SSSR count). The van der Waals surface area contributed by atoms with Crippen LogP contribution < -0.4 is 56.7 Å². The summed E-state index contributed by atoms with van der Waals surface area (Å²) >= 11 is 1.27. The molecule has 0 heterocycles. The second kappa shape index (κ2) is 19.9. The van der Waals surface area contributed by atoms with Crippen LogP contribution >= 0.6 is 12.0 Å². The molecule has 0 saturated heterocycles. The van der Waals surface area contributed by atoms with Crippen molar-refractivity contribution >= 4 is 24.9 Å². The van der Waals surface area contributed by atoms with Crippen molar-refractivity contribution in [2.45, 2.75) is 26.4 Å². The average molecular weight is 362 g/mol. The fraction of sp³-hybridized carbons (Fsp3) is 0.714. The van der Waals surface area contributed by atoms with E-state index < -0.39 is 5.41 Å². The number of ether oxygens (including phenoxy) is 2. The molecule has 0 aliphatic carbocycles. The van der Waals surface area contributed by atoms with E-state index in [2.05, 4.69) is 23.9 Å². The van der Waals surface area contributed by atoms with Gasteiger partial charge in [-0.2, -0.15) is 0 Å². The number of carbonyl (C=O) groups is 1. The molecule has 0 saturated carbocycles. The molecule has 0 aliphatic heterocycles. The van der Waals surface area contributed by atoms with Gasteiger partial charge in [-0.3, -0.25) is 4.79 Å². The van der Waals surface area contributed by atoms with E-state index in [0.29, 0.717) is 19.6 Å². The molecule has 6 nitrogen and oxygen atoms in total. The van der Waals surface area contributed by atoms with E-state index in [0.717, 1.165) is 0 Å². The Hall–Kier alpha value is 0.846. The molecule has 0 aromatic heterocycles. The molecule has 128 valence electrons. The molecule has 0 radical (unpaired) electrons. The third kappa shape index (κ3) is 37.3. The van der Waals surface area contributed by atoms with Gasteiger partial charge in [0.25, 0.3) is 0 Å². The Morgan fingerprint density at radius 3 is 1.91 bits per heavy atom. The van der Waals surface area contributed by atoms with Gasteiger partial charge < -0.3 is 37.6 Å². The summed E-state index contributed by atoms with van der Waals surface area (Å²) in [6.07, 6.45) is 2.45. The van der Waals surface area contributed by atoms with Crippen molar-refractivity contribution in [3.8, 4) is 0 Å². The zero-order valence-corrected chi connectivity index (χ0v) is 18.8. The molecule has 0 aromatic rings. The summed E-state index contributed by atoms with van der Waals surface area (Å²) in [5.41, 5.74) is -0.441. The van der Waals surface area contributed by atoms with Crippen LogP contribution in [-0.2, 0) is 23.2 Å². The predicted molar refractivity (Wildman–Crippen MR) is 86.1 cm³/mol. The first-order valence-electron chi connectivity index (χ1n) is 6.08. The van der Waals surface area contributed by atoms with E-state index in [1.54, 1.807) is 7.11 Å². The van der Waals surface area contributed by atoms with Gasteiger partial charge in [0.1, 0.15) is 0 Å². The molecular weight excluding hydrogens is 333 g/mol. The smallest absolute Gasteiger partial charge is 0.655 e. The number of nitrogens with one attached hydrogen (secondary N) is 1. The molecule has 0 bridgehead atoms. The molecule has 0 atom stereocenters. The van der Waals surface area contributed by atoms with Crippen LogP contribution in [-0.4, -0.2) is 52.1 Å². The fourth-order valence-electron chi connectivity index (χ4n) is 0.493. The van der Waals surface area contributed by atoms with Gasteiger partial charge in [0, 0.05) is 27.1 Å². The molecule has 1 N–H and O–H groups in total. The van der Waals surface area contributed by atoms with Crippen molar-refractivity contribution in [2.24, 2.45) is 5.41 Å². The number of hydrogen-bond donors (Lipinski definition) is 1. The second-order valence-electron chi connectivity index (χ2n) is 5.03. The molecule has 0 spiro atoms. The Morgan fingerprint density at radius 1 is 1.27 bits per heavy atom. The number of amides is 1. The van der Waals surface area contributed by atoms with Crippen molar-refractivity contribution in [3.63, 3.8) is 0 Å². The number of carbonyl (C=O) groups excluding carboxylic acids is 2. The molecule has 0 fully saturated rings. The summed E-state index contributed by atoms with van der Waals surface area (Å²) < 4.78 is 13.7. The first-order chi connectivity index (χ1) is 9.60. The van der Waals surface area contributed by atoms with Crippen LogP contribution in [0.3, 0.4) is 0 Å². The third-order valence-corrected chi connectivity index (χ3v) is 2.09. The van der Waals surface area contributed by atoms with Gasteiger partial charge in [0.15, 0.2) is 0 Å². The van der Waals surface area contributed by atoms with Crippen molar-refractivity contribution < 1.29 is 74.6 Å². The summed E-state index contributed by atoms with van der Waals surface area (Å²) in [5, 5.41) is 2.50. The maximum Gasteiger partial charge on any atom is 1.00 e. The second-order valence-corrected chi connectivity index (χ2v) is 5.60. The van der Waals surface area contributed by atoms with Crippen LogP contribution in [0.4, 0.5) is 0 Å². The Morgan fingerprint density at radius 2 is 1.68 bits per heavy atom. The van der Waals surface area contributed by atoms with Gasteiger partial charge in [0.2, 0.25) is 6.41 Å². The minimum absolute atomic E-state index is 0. The molecule has 22 heavy (non-hydrogen) atoms. The van der Waals surface area contributed by atoms with Crippen molar-refractivity contribution in [3.05, 3.63) is 13.8 Å². The minimum atomic E-state index is -0.482. The van der Waals surface area contributed by atoms with Crippen LogP contribution in [0, 0.1) is 19.3 Å². The normalized spacial score (nSPS) is 9.82. The van der Waals surface area contributed by atoms with E-state index in [4.69, 9.17) is 13.7 Å². The van der Waals surface area contributed by atoms with Crippen LogP contribution in [0.1, 0.15) is 20.8 Å². The Labute approximate surface area is 182 Å².